The number of hydrogen-bond donors (Lipinski definition) is 0. The summed E-state index contributed by atoms with van der Waals surface area (Å²) in [5, 5.41) is 0. The minimum Gasteiger partial charge on any atom is -0.295 e. The predicted octanol–water partition coefficient (Wildman–Crippen LogP) is 3.02. The highest BCUT2D eigenvalue weighted by Crippen LogP contribution is 2.34. The fourth-order valence-corrected chi connectivity index (χ4v) is 2.24. The van der Waals surface area contributed by atoms with Crippen molar-refractivity contribution in [3.63, 3.8) is 0 Å². The number of fused-ring (bicyclic) bond motifs is 1. The molecule has 0 saturated heterocycles. The second kappa shape index (κ2) is 3.49. The summed E-state index contributed by atoms with van der Waals surface area (Å²) in [6, 6.07) is 0. The van der Waals surface area contributed by atoms with E-state index < -0.39 is 0 Å². The van der Waals surface area contributed by atoms with Crippen LogP contribution in [0.5, 0.6) is 0 Å². The summed E-state index contributed by atoms with van der Waals surface area (Å²) in [7, 11) is 0. The molecule has 0 saturated carbocycles. The van der Waals surface area contributed by atoms with Gasteiger partial charge in [0.05, 0.1) is 0 Å². The van der Waals surface area contributed by atoms with Crippen molar-refractivity contribution in [3.05, 3.63) is 23.3 Å². The molecule has 0 fully saturated rings. The number of allylic oxidation sites excluding steroid dienone is 4. The number of carbonyl (C=O) groups is 1. The summed E-state index contributed by atoms with van der Waals surface area (Å²) >= 11 is 0. The van der Waals surface area contributed by atoms with Crippen LogP contribution in [0.25, 0.3) is 0 Å². The van der Waals surface area contributed by atoms with Gasteiger partial charge in [0.25, 0.3) is 0 Å². The zero-order chi connectivity index (χ0) is 9.26. The Balaban J connectivity index is 2.27. The fraction of sp³-hybridized carbons (Fsp3) is 0.583. The van der Waals surface area contributed by atoms with Gasteiger partial charge in [0, 0.05) is 5.92 Å². The van der Waals surface area contributed by atoms with E-state index in [4.69, 9.17) is 0 Å². The third-order valence-electron chi connectivity index (χ3n) is 3.13. The van der Waals surface area contributed by atoms with Gasteiger partial charge < -0.3 is 0 Å². The number of ketones is 1. The van der Waals surface area contributed by atoms with Gasteiger partial charge in [0.15, 0.2) is 5.78 Å². The standard InChI is InChI=1S/C12H16O/c1-2-9-7-10-5-3-4-6-11(10)8-12(9)13/h5,8-9H,2-4,6-7H2,1H3. The molecule has 2 aliphatic rings. The topological polar surface area (TPSA) is 17.1 Å². The predicted molar refractivity (Wildman–Crippen MR) is 53.4 cm³/mol. The van der Waals surface area contributed by atoms with E-state index in [-0.39, 0.29) is 5.92 Å². The van der Waals surface area contributed by atoms with E-state index in [1.807, 2.05) is 6.08 Å². The lowest BCUT2D eigenvalue weighted by atomic mass is 9.79. The molecule has 0 aromatic rings. The Hall–Kier alpha value is -0.850. The molecule has 0 aliphatic heterocycles. The van der Waals surface area contributed by atoms with E-state index in [1.165, 1.54) is 24.0 Å². The second-order valence-electron chi connectivity index (χ2n) is 4.00. The summed E-state index contributed by atoms with van der Waals surface area (Å²) in [5.41, 5.74) is 2.78. The van der Waals surface area contributed by atoms with Crippen LogP contribution < -0.4 is 0 Å². The highest BCUT2D eigenvalue weighted by atomic mass is 16.1. The first-order chi connectivity index (χ1) is 6.31. The highest BCUT2D eigenvalue weighted by molar-refractivity contribution is 5.94. The largest absolute Gasteiger partial charge is 0.295 e. The first-order valence-corrected chi connectivity index (χ1v) is 5.25. The molecule has 0 aromatic carbocycles. The van der Waals surface area contributed by atoms with Crippen molar-refractivity contribution in [2.24, 2.45) is 5.92 Å². The Morgan fingerprint density at radius 2 is 2.31 bits per heavy atom. The van der Waals surface area contributed by atoms with Crippen molar-refractivity contribution >= 4 is 5.78 Å². The van der Waals surface area contributed by atoms with Crippen LogP contribution in [-0.4, -0.2) is 5.78 Å². The maximum Gasteiger partial charge on any atom is 0.159 e. The average Bonchev–Trinajstić information content (AvgIpc) is 2.17. The van der Waals surface area contributed by atoms with E-state index in [2.05, 4.69) is 13.0 Å². The van der Waals surface area contributed by atoms with Gasteiger partial charge in [0.1, 0.15) is 0 Å². The van der Waals surface area contributed by atoms with Gasteiger partial charge in [0.2, 0.25) is 0 Å². The Labute approximate surface area is 79.5 Å². The van der Waals surface area contributed by atoms with E-state index in [9.17, 15) is 4.79 Å². The van der Waals surface area contributed by atoms with Gasteiger partial charge in [-0.2, -0.15) is 0 Å². The first kappa shape index (κ1) is 8.74. The van der Waals surface area contributed by atoms with Crippen molar-refractivity contribution in [2.45, 2.75) is 39.0 Å². The van der Waals surface area contributed by atoms with Crippen LogP contribution >= 0.6 is 0 Å². The minimum atomic E-state index is 0.271. The average molecular weight is 176 g/mol. The molecule has 70 valence electrons. The molecule has 2 aliphatic carbocycles. The Kier molecular flexibility index (Phi) is 2.34. The molecular formula is C12H16O. The van der Waals surface area contributed by atoms with Crippen LogP contribution in [0.4, 0.5) is 0 Å². The quantitative estimate of drug-likeness (QED) is 0.600. The first-order valence-electron chi connectivity index (χ1n) is 5.25. The third-order valence-corrected chi connectivity index (χ3v) is 3.13. The normalized spacial score (nSPS) is 27.8. The highest BCUT2D eigenvalue weighted by Gasteiger charge is 2.24. The van der Waals surface area contributed by atoms with Gasteiger partial charge in [-0.15, -0.1) is 0 Å². The lowest BCUT2D eigenvalue weighted by Gasteiger charge is -2.25. The zero-order valence-electron chi connectivity index (χ0n) is 8.18. The zero-order valence-corrected chi connectivity index (χ0v) is 8.18. The van der Waals surface area contributed by atoms with E-state index in [0.29, 0.717) is 5.78 Å². The van der Waals surface area contributed by atoms with Crippen LogP contribution in [0, 0.1) is 5.92 Å². The molecule has 1 atom stereocenters. The molecule has 0 aromatic heterocycles. The Morgan fingerprint density at radius 1 is 1.46 bits per heavy atom. The molecule has 0 radical (unpaired) electrons. The molecule has 1 unspecified atom stereocenters. The lowest BCUT2D eigenvalue weighted by Crippen LogP contribution is -2.19. The Bertz CT molecular complexity index is 283. The molecule has 1 heteroatoms. The Morgan fingerprint density at radius 3 is 3.08 bits per heavy atom. The van der Waals surface area contributed by atoms with Crippen molar-refractivity contribution in [2.75, 3.05) is 0 Å². The maximum absolute atomic E-state index is 11.6. The van der Waals surface area contributed by atoms with Crippen LogP contribution in [0.1, 0.15) is 39.0 Å². The monoisotopic (exact) mass is 176 g/mol. The van der Waals surface area contributed by atoms with Crippen LogP contribution in [-0.2, 0) is 4.79 Å². The molecule has 0 heterocycles. The van der Waals surface area contributed by atoms with Crippen molar-refractivity contribution < 1.29 is 4.79 Å². The summed E-state index contributed by atoms with van der Waals surface area (Å²) in [4.78, 5) is 11.6. The van der Waals surface area contributed by atoms with Crippen molar-refractivity contribution in [3.8, 4) is 0 Å². The number of rotatable bonds is 1. The van der Waals surface area contributed by atoms with Gasteiger partial charge in [-0.05, 0) is 49.3 Å². The SMILES string of the molecule is CCC1CC2=CCCCC2=CC1=O. The molecular weight excluding hydrogens is 160 g/mol. The summed E-state index contributed by atoms with van der Waals surface area (Å²) in [6.07, 6.45) is 9.75. The van der Waals surface area contributed by atoms with E-state index in [1.54, 1.807) is 0 Å². The van der Waals surface area contributed by atoms with Crippen LogP contribution in [0.2, 0.25) is 0 Å². The van der Waals surface area contributed by atoms with Gasteiger partial charge in [-0.25, -0.2) is 0 Å². The van der Waals surface area contributed by atoms with Crippen LogP contribution in [0.3, 0.4) is 0 Å². The number of carbonyl (C=O) groups excluding carboxylic acids is 1. The summed E-state index contributed by atoms with van der Waals surface area (Å²) in [6.45, 7) is 2.10. The fourth-order valence-electron chi connectivity index (χ4n) is 2.24. The lowest BCUT2D eigenvalue weighted by molar-refractivity contribution is -0.118. The molecule has 2 rings (SSSR count). The second-order valence-corrected chi connectivity index (χ2v) is 4.00. The molecule has 0 bridgehead atoms. The molecule has 13 heavy (non-hydrogen) atoms. The third kappa shape index (κ3) is 1.60. The van der Waals surface area contributed by atoms with Crippen molar-refractivity contribution in [1.29, 1.82) is 0 Å². The summed E-state index contributed by atoms with van der Waals surface area (Å²) < 4.78 is 0. The number of hydrogen-bond acceptors (Lipinski definition) is 1. The smallest absolute Gasteiger partial charge is 0.159 e. The summed E-state index contributed by atoms with van der Waals surface area (Å²) in [5.74, 6) is 0.629. The molecule has 0 amide bonds. The molecule has 0 N–H and O–H groups in total. The van der Waals surface area contributed by atoms with Gasteiger partial charge >= 0.3 is 0 Å². The van der Waals surface area contributed by atoms with E-state index in [0.717, 1.165) is 19.3 Å². The molecule has 0 spiro atoms. The van der Waals surface area contributed by atoms with Crippen molar-refractivity contribution in [1.82, 2.24) is 0 Å². The van der Waals surface area contributed by atoms with Gasteiger partial charge in [-0.3, -0.25) is 4.79 Å². The van der Waals surface area contributed by atoms with Crippen LogP contribution in [0.15, 0.2) is 23.3 Å². The van der Waals surface area contributed by atoms with Gasteiger partial charge in [-0.1, -0.05) is 13.0 Å². The minimum absolute atomic E-state index is 0.271. The van der Waals surface area contributed by atoms with E-state index >= 15 is 0 Å². The molecule has 1 nitrogen and oxygen atoms in total. The maximum atomic E-state index is 11.6.